The van der Waals surface area contributed by atoms with Crippen LogP contribution in [0.1, 0.15) is 30.4 Å². The molecule has 2 unspecified atom stereocenters. The number of aliphatic hydroxyl groups excluding tert-OH is 1. The van der Waals surface area contributed by atoms with Crippen molar-refractivity contribution in [3.05, 3.63) is 29.3 Å². The Balaban J connectivity index is 2.07. The van der Waals surface area contributed by atoms with Crippen molar-refractivity contribution in [2.45, 2.75) is 38.7 Å². The summed E-state index contributed by atoms with van der Waals surface area (Å²) in [6.07, 6.45) is 4.20. The lowest BCUT2D eigenvalue weighted by atomic mass is 9.95. The summed E-state index contributed by atoms with van der Waals surface area (Å²) in [7, 11) is 1.70. The zero-order valence-corrected chi connectivity index (χ0v) is 10.1. The molecule has 1 aromatic carbocycles. The summed E-state index contributed by atoms with van der Waals surface area (Å²) in [5.74, 6) is 1.39. The van der Waals surface area contributed by atoms with E-state index in [9.17, 15) is 5.11 Å². The van der Waals surface area contributed by atoms with Crippen molar-refractivity contribution < 1.29 is 9.84 Å². The highest BCUT2D eigenvalue weighted by Crippen LogP contribution is 2.29. The van der Waals surface area contributed by atoms with Gasteiger partial charge in [-0.1, -0.05) is 18.6 Å². The Morgan fingerprint density at radius 2 is 2.19 bits per heavy atom. The molecule has 88 valence electrons. The molecule has 2 rings (SSSR count). The van der Waals surface area contributed by atoms with Crippen molar-refractivity contribution in [1.29, 1.82) is 0 Å². The van der Waals surface area contributed by atoms with E-state index in [1.807, 2.05) is 6.07 Å². The quantitative estimate of drug-likeness (QED) is 0.848. The monoisotopic (exact) mass is 220 g/mol. The van der Waals surface area contributed by atoms with E-state index in [-0.39, 0.29) is 6.10 Å². The second-order valence-electron chi connectivity index (χ2n) is 4.77. The van der Waals surface area contributed by atoms with Gasteiger partial charge in [-0.15, -0.1) is 0 Å². The predicted octanol–water partition coefficient (Wildman–Crippen LogP) is 2.71. The van der Waals surface area contributed by atoms with Gasteiger partial charge in [0.1, 0.15) is 5.75 Å². The second-order valence-corrected chi connectivity index (χ2v) is 4.77. The molecular weight excluding hydrogens is 200 g/mol. The first-order valence-corrected chi connectivity index (χ1v) is 6.02. The molecule has 1 N–H and O–H groups in total. The molecule has 0 aromatic heterocycles. The maximum Gasteiger partial charge on any atom is 0.121 e. The van der Waals surface area contributed by atoms with Crippen LogP contribution in [0, 0.1) is 12.8 Å². The van der Waals surface area contributed by atoms with Crippen LogP contribution in [0.4, 0.5) is 0 Å². The summed E-state index contributed by atoms with van der Waals surface area (Å²) in [4.78, 5) is 0. The van der Waals surface area contributed by atoms with E-state index >= 15 is 0 Å². The van der Waals surface area contributed by atoms with Crippen molar-refractivity contribution in [1.82, 2.24) is 0 Å². The van der Waals surface area contributed by atoms with Gasteiger partial charge >= 0.3 is 0 Å². The molecule has 1 aliphatic carbocycles. The van der Waals surface area contributed by atoms with Crippen molar-refractivity contribution in [2.24, 2.45) is 5.92 Å². The third-order valence-corrected chi connectivity index (χ3v) is 3.58. The molecule has 1 aliphatic rings. The zero-order valence-electron chi connectivity index (χ0n) is 10.1. The molecule has 0 amide bonds. The number of ether oxygens (including phenoxy) is 1. The Hall–Kier alpha value is -1.02. The first kappa shape index (κ1) is 11.5. The van der Waals surface area contributed by atoms with Gasteiger partial charge < -0.3 is 9.84 Å². The van der Waals surface area contributed by atoms with E-state index in [2.05, 4.69) is 19.1 Å². The first-order chi connectivity index (χ1) is 7.70. The minimum Gasteiger partial charge on any atom is -0.496 e. The molecule has 0 bridgehead atoms. The molecule has 1 saturated carbocycles. The van der Waals surface area contributed by atoms with Crippen LogP contribution in [0.25, 0.3) is 0 Å². The van der Waals surface area contributed by atoms with Crippen LogP contribution in [-0.4, -0.2) is 18.3 Å². The van der Waals surface area contributed by atoms with E-state index in [1.54, 1.807) is 7.11 Å². The summed E-state index contributed by atoms with van der Waals surface area (Å²) < 4.78 is 5.24. The van der Waals surface area contributed by atoms with E-state index < -0.39 is 0 Å². The number of aliphatic hydroxyl groups is 1. The Bertz CT molecular complexity index is 360. The molecule has 0 radical (unpaired) electrons. The van der Waals surface area contributed by atoms with Crippen molar-refractivity contribution >= 4 is 0 Å². The van der Waals surface area contributed by atoms with Crippen LogP contribution >= 0.6 is 0 Å². The van der Waals surface area contributed by atoms with Gasteiger partial charge in [0.25, 0.3) is 0 Å². The molecule has 0 aliphatic heterocycles. The topological polar surface area (TPSA) is 29.5 Å². The van der Waals surface area contributed by atoms with Crippen molar-refractivity contribution in [3.63, 3.8) is 0 Å². The van der Waals surface area contributed by atoms with Crippen molar-refractivity contribution in [3.8, 4) is 5.75 Å². The highest BCUT2D eigenvalue weighted by molar-refractivity contribution is 5.36. The van der Waals surface area contributed by atoms with E-state index in [0.717, 1.165) is 25.0 Å². The van der Waals surface area contributed by atoms with E-state index in [0.29, 0.717) is 5.92 Å². The highest BCUT2D eigenvalue weighted by Gasteiger charge is 2.25. The molecule has 1 fully saturated rings. The van der Waals surface area contributed by atoms with E-state index in [4.69, 9.17) is 4.74 Å². The van der Waals surface area contributed by atoms with Crippen LogP contribution in [-0.2, 0) is 6.42 Å². The Kier molecular flexibility index (Phi) is 3.49. The fourth-order valence-electron chi connectivity index (χ4n) is 2.63. The van der Waals surface area contributed by atoms with Gasteiger partial charge in [0.15, 0.2) is 0 Å². The Morgan fingerprint density at radius 3 is 2.75 bits per heavy atom. The largest absolute Gasteiger partial charge is 0.496 e. The van der Waals surface area contributed by atoms with Crippen LogP contribution in [0.3, 0.4) is 0 Å². The van der Waals surface area contributed by atoms with Gasteiger partial charge in [0.05, 0.1) is 13.2 Å². The van der Waals surface area contributed by atoms with Crippen LogP contribution in [0.2, 0.25) is 0 Å². The van der Waals surface area contributed by atoms with Gasteiger partial charge in [-0.2, -0.15) is 0 Å². The number of aryl methyl sites for hydroxylation is 1. The zero-order chi connectivity index (χ0) is 11.5. The lowest BCUT2D eigenvalue weighted by Gasteiger charge is -2.15. The first-order valence-electron chi connectivity index (χ1n) is 6.02. The molecule has 0 spiro atoms. The number of methoxy groups -OCH3 is 1. The van der Waals surface area contributed by atoms with Gasteiger partial charge in [0.2, 0.25) is 0 Å². The minimum absolute atomic E-state index is 0.0950. The van der Waals surface area contributed by atoms with Gasteiger partial charge in [-0.05, 0) is 49.3 Å². The maximum atomic E-state index is 9.80. The Morgan fingerprint density at radius 1 is 1.38 bits per heavy atom. The number of benzene rings is 1. The molecule has 0 saturated heterocycles. The molecule has 2 nitrogen and oxygen atoms in total. The molecule has 2 atom stereocenters. The number of hydrogen-bond acceptors (Lipinski definition) is 2. The smallest absolute Gasteiger partial charge is 0.121 e. The molecule has 0 heterocycles. The fourth-order valence-corrected chi connectivity index (χ4v) is 2.63. The van der Waals surface area contributed by atoms with Crippen LogP contribution in [0.5, 0.6) is 5.75 Å². The normalized spacial score (nSPS) is 24.7. The van der Waals surface area contributed by atoms with Gasteiger partial charge in [-0.3, -0.25) is 0 Å². The SMILES string of the molecule is COc1ccc(CC2CCCC2O)cc1C. The summed E-state index contributed by atoms with van der Waals surface area (Å²) in [5, 5.41) is 9.80. The minimum atomic E-state index is -0.0950. The lowest BCUT2D eigenvalue weighted by molar-refractivity contribution is 0.132. The predicted molar refractivity (Wildman–Crippen MR) is 64.8 cm³/mol. The standard InChI is InChI=1S/C14H20O2/c1-10-8-11(6-7-14(10)16-2)9-12-4-3-5-13(12)15/h6-8,12-13,15H,3-5,9H2,1-2H3. The third kappa shape index (κ3) is 2.38. The van der Waals surface area contributed by atoms with E-state index in [1.165, 1.54) is 17.5 Å². The maximum absolute atomic E-state index is 9.80. The van der Waals surface area contributed by atoms with Gasteiger partial charge in [0, 0.05) is 0 Å². The summed E-state index contributed by atoms with van der Waals surface area (Å²) in [5.41, 5.74) is 2.48. The second kappa shape index (κ2) is 4.88. The summed E-state index contributed by atoms with van der Waals surface area (Å²) in [6.45, 7) is 2.06. The molecule has 2 heteroatoms. The number of hydrogen-bond donors (Lipinski definition) is 1. The summed E-state index contributed by atoms with van der Waals surface area (Å²) >= 11 is 0. The molecule has 16 heavy (non-hydrogen) atoms. The Labute approximate surface area is 97.3 Å². The van der Waals surface area contributed by atoms with Gasteiger partial charge in [-0.25, -0.2) is 0 Å². The third-order valence-electron chi connectivity index (χ3n) is 3.58. The average Bonchev–Trinajstić information content (AvgIpc) is 2.65. The number of rotatable bonds is 3. The van der Waals surface area contributed by atoms with Crippen molar-refractivity contribution in [2.75, 3.05) is 7.11 Å². The molecular formula is C14H20O2. The fraction of sp³-hybridized carbons (Fsp3) is 0.571. The lowest BCUT2D eigenvalue weighted by Crippen LogP contribution is -2.15. The average molecular weight is 220 g/mol. The highest BCUT2D eigenvalue weighted by atomic mass is 16.5. The molecule has 1 aromatic rings. The van der Waals surface area contributed by atoms with Crippen LogP contribution < -0.4 is 4.74 Å². The van der Waals surface area contributed by atoms with Crippen LogP contribution in [0.15, 0.2) is 18.2 Å². The summed E-state index contributed by atoms with van der Waals surface area (Å²) in [6, 6.07) is 6.30.